The normalized spacial score (nSPS) is 16.8. The van der Waals surface area contributed by atoms with Crippen LogP contribution in [0.4, 0.5) is 8.78 Å². The first-order chi connectivity index (χ1) is 15.4. The molecule has 2 aliphatic rings. The number of benzene rings is 2. The van der Waals surface area contributed by atoms with Gasteiger partial charge >= 0.3 is 0 Å². The number of nitrogens with zero attached hydrogens (tertiary/aromatic N) is 3. The van der Waals surface area contributed by atoms with Crippen LogP contribution in [0, 0.1) is 11.6 Å². The van der Waals surface area contributed by atoms with Gasteiger partial charge in [-0.25, -0.2) is 8.78 Å². The highest BCUT2D eigenvalue weighted by Gasteiger charge is 2.22. The van der Waals surface area contributed by atoms with E-state index in [9.17, 15) is 18.4 Å². The quantitative estimate of drug-likeness (QED) is 0.729. The fourth-order valence-electron chi connectivity index (χ4n) is 4.24. The SMILES string of the molecule is CC(=O)N1CCN(Cc2ccc3c(c2)CN(C(=O)Cc2cc(F)cc(F)c2)CCO3)CC1. The number of ether oxygens (including phenoxy) is 1. The number of carbonyl (C=O) groups is 2. The van der Waals surface area contributed by atoms with E-state index >= 15 is 0 Å². The number of fused-ring (bicyclic) bond motifs is 1. The predicted octanol–water partition coefficient (Wildman–Crippen LogP) is 2.59. The lowest BCUT2D eigenvalue weighted by atomic mass is 10.1. The van der Waals surface area contributed by atoms with Crippen LogP contribution in [0.25, 0.3) is 0 Å². The largest absolute Gasteiger partial charge is 0.491 e. The summed E-state index contributed by atoms with van der Waals surface area (Å²) in [4.78, 5) is 30.2. The Morgan fingerprint density at radius 3 is 2.31 bits per heavy atom. The van der Waals surface area contributed by atoms with Gasteiger partial charge in [-0.1, -0.05) is 6.07 Å². The molecule has 8 heteroatoms. The number of amides is 2. The molecule has 1 saturated heterocycles. The van der Waals surface area contributed by atoms with E-state index in [-0.39, 0.29) is 18.2 Å². The van der Waals surface area contributed by atoms with E-state index in [1.165, 1.54) is 12.1 Å². The summed E-state index contributed by atoms with van der Waals surface area (Å²) in [6.45, 7) is 6.62. The first kappa shape index (κ1) is 22.2. The van der Waals surface area contributed by atoms with Gasteiger partial charge in [-0.2, -0.15) is 0 Å². The van der Waals surface area contributed by atoms with E-state index in [0.717, 1.165) is 55.7 Å². The van der Waals surface area contributed by atoms with Gasteiger partial charge in [-0.05, 0) is 35.4 Å². The summed E-state index contributed by atoms with van der Waals surface area (Å²) >= 11 is 0. The molecule has 2 aliphatic heterocycles. The van der Waals surface area contributed by atoms with Crippen molar-refractivity contribution in [3.8, 4) is 5.75 Å². The van der Waals surface area contributed by atoms with Crippen molar-refractivity contribution < 1.29 is 23.1 Å². The van der Waals surface area contributed by atoms with Crippen LogP contribution >= 0.6 is 0 Å². The van der Waals surface area contributed by atoms with E-state index in [2.05, 4.69) is 11.0 Å². The predicted molar refractivity (Wildman–Crippen MR) is 115 cm³/mol. The number of carbonyl (C=O) groups excluding carboxylic acids is 2. The van der Waals surface area contributed by atoms with Crippen molar-refractivity contribution in [2.24, 2.45) is 0 Å². The molecular formula is C24H27F2N3O3. The molecule has 0 saturated carbocycles. The minimum absolute atomic E-state index is 0.0653. The summed E-state index contributed by atoms with van der Waals surface area (Å²) in [5.74, 6) is -0.714. The van der Waals surface area contributed by atoms with E-state index in [1.54, 1.807) is 11.8 Å². The third-order valence-electron chi connectivity index (χ3n) is 5.96. The second kappa shape index (κ2) is 9.65. The van der Waals surface area contributed by atoms with Gasteiger partial charge in [0.2, 0.25) is 11.8 Å². The maximum Gasteiger partial charge on any atom is 0.227 e. The Morgan fingerprint density at radius 2 is 1.62 bits per heavy atom. The van der Waals surface area contributed by atoms with Crippen LogP contribution in [0.2, 0.25) is 0 Å². The third kappa shape index (κ3) is 5.43. The third-order valence-corrected chi connectivity index (χ3v) is 5.96. The lowest BCUT2D eigenvalue weighted by Gasteiger charge is -2.34. The molecular weight excluding hydrogens is 416 g/mol. The zero-order valence-corrected chi connectivity index (χ0v) is 18.2. The van der Waals surface area contributed by atoms with Crippen molar-refractivity contribution in [3.63, 3.8) is 0 Å². The lowest BCUT2D eigenvalue weighted by molar-refractivity contribution is -0.131. The monoisotopic (exact) mass is 443 g/mol. The molecule has 0 radical (unpaired) electrons. The zero-order chi connectivity index (χ0) is 22.7. The number of hydrogen-bond donors (Lipinski definition) is 0. The highest BCUT2D eigenvalue weighted by molar-refractivity contribution is 5.79. The Morgan fingerprint density at radius 1 is 0.906 bits per heavy atom. The van der Waals surface area contributed by atoms with Crippen molar-refractivity contribution in [2.45, 2.75) is 26.4 Å². The smallest absolute Gasteiger partial charge is 0.227 e. The first-order valence-electron chi connectivity index (χ1n) is 10.8. The van der Waals surface area contributed by atoms with E-state index < -0.39 is 11.6 Å². The van der Waals surface area contributed by atoms with Crippen LogP contribution in [-0.2, 0) is 29.1 Å². The van der Waals surface area contributed by atoms with Gasteiger partial charge < -0.3 is 14.5 Å². The summed E-state index contributed by atoms with van der Waals surface area (Å²) in [5, 5.41) is 0. The molecule has 0 spiro atoms. The van der Waals surface area contributed by atoms with E-state index in [1.807, 2.05) is 17.0 Å². The molecule has 0 bridgehead atoms. The molecule has 2 aromatic carbocycles. The summed E-state index contributed by atoms with van der Waals surface area (Å²) in [5.41, 5.74) is 2.35. The van der Waals surface area contributed by atoms with Gasteiger partial charge in [0.25, 0.3) is 0 Å². The second-order valence-corrected chi connectivity index (χ2v) is 8.34. The van der Waals surface area contributed by atoms with Crippen molar-refractivity contribution in [3.05, 3.63) is 64.7 Å². The van der Waals surface area contributed by atoms with Crippen molar-refractivity contribution in [1.29, 1.82) is 0 Å². The molecule has 0 aliphatic carbocycles. The zero-order valence-electron chi connectivity index (χ0n) is 18.2. The standard InChI is InChI=1S/C24H27F2N3O3/c1-17(30)28-6-4-27(5-7-28)15-18-2-3-23-20(10-18)16-29(8-9-32-23)24(31)13-19-11-21(25)14-22(26)12-19/h2-3,10-12,14H,4-9,13,15-16H2,1H3. The van der Waals surface area contributed by atoms with Crippen LogP contribution in [-0.4, -0.2) is 65.8 Å². The molecule has 32 heavy (non-hydrogen) atoms. The molecule has 0 unspecified atom stereocenters. The van der Waals surface area contributed by atoms with Crippen molar-refractivity contribution in [1.82, 2.24) is 14.7 Å². The molecule has 0 N–H and O–H groups in total. The minimum atomic E-state index is -0.689. The van der Waals surface area contributed by atoms with Gasteiger partial charge in [0, 0.05) is 57.8 Å². The highest BCUT2D eigenvalue weighted by Crippen LogP contribution is 2.26. The second-order valence-electron chi connectivity index (χ2n) is 8.34. The number of halogens is 2. The molecule has 6 nitrogen and oxygen atoms in total. The number of piperazine rings is 1. The van der Waals surface area contributed by atoms with Gasteiger partial charge in [-0.3, -0.25) is 14.5 Å². The average Bonchev–Trinajstić information content (AvgIpc) is 2.95. The van der Waals surface area contributed by atoms with Crippen molar-refractivity contribution in [2.75, 3.05) is 39.3 Å². The molecule has 2 aromatic rings. The van der Waals surface area contributed by atoms with Gasteiger partial charge in [0.05, 0.1) is 13.0 Å². The summed E-state index contributed by atoms with van der Waals surface area (Å²) in [6, 6.07) is 9.20. The average molecular weight is 443 g/mol. The molecule has 170 valence electrons. The van der Waals surface area contributed by atoms with E-state index in [4.69, 9.17) is 4.74 Å². The molecule has 1 fully saturated rings. The summed E-state index contributed by atoms with van der Waals surface area (Å²) in [6.07, 6.45) is -0.0653. The molecule has 2 heterocycles. The van der Waals surface area contributed by atoms with Crippen LogP contribution < -0.4 is 4.74 Å². The Kier molecular flexibility index (Phi) is 6.69. The Labute approximate surface area is 186 Å². The van der Waals surface area contributed by atoms with Gasteiger partial charge in [0.15, 0.2) is 0 Å². The topological polar surface area (TPSA) is 53.1 Å². The molecule has 0 aromatic heterocycles. The summed E-state index contributed by atoms with van der Waals surface area (Å²) < 4.78 is 32.8. The molecule has 2 amide bonds. The first-order valence-corrected chi connectivity index (χ1v) is 10.8. The maximum atomic E-state index is 13.5. The minimum Gasteiger partial charge on any atom is -0.491 e. The number of hydrogen-bond acceptors (Lipinski definition) is 4. The van der Waals surface area contributed by atoms with Gasteiger partial charge in [-0.15, -0.1) is 0 Å². The van der Waals surface area contributed by atoms with Gasteiger partial charge in [0.1, 0.15) is 24.0 Å². The Hall–Kier alpha value is -3.00. The maximum absolute atomic E-state index is 13.5. The fraction of sp³-hybridized carbons (Fsp3) is 0.417. The van der Waals surface area contributed by atoms with E-state index in [0.29, 0.717) is 25.3 Å². The Bertz CT molecular complexity index is 986. The highest BCUT2D eigenvalue weighted by atomic mass is 19.1. The molecule has 4 rings (SSSR count). The van der Waals surface area contributed by atoms with Crippen LogP contribution in [0.5, 0.6) is 5.75 Å². The number of rotatable bonds is 4. The van der Waals surface area contributed by atoms with Crippen LogP contribution in [0.3, 0.4) is 0 Å². The van der Waals surface area contributed by atoms with Crippen LogP contribution in [0.15, 0.2) is 36.4 Å². The van der Waals surface area contributed by atoms with Crippen LogP contribution in [0.1, 0.15) is 23.6 Å². The summed E-state index contributed by atoms with van der Waals surface area (Å²) in [7, 11) is 0. The van der Waals surface area contributed by atoms with Crippen molar-refractivity contribution >= 4 is 11.8 Å². The Balaban J connectivity index is 1.41. The lowest BCUT2D eigenvalue weighted by Crippen LogP contribution is -2.47. The molecule has 0 atom stereocenters. The fourth-order valence-corrected chi connectivity index (χ4v) is 4.24.